The largest absolute Gasteiger partial charge is 0.491 e. The maximum Gasteiger partial charge on any atom is 0.216 e. The van der Waals surface area contributed by atoms with Crippen LogP contribution < -0.4 is 15.4 Å². The van der Waals surface area contributed by atoms with E-state index in [2.05, 4.69) is 41.4 Å². The first-order valence-corrected chi connectivity index (χ1v) is 10.1. The van der Waals surface area contributed by atoms with Gasteiger partial charge in [0.2, 0.25) is 5.89 Å². The number of benzene rings is 1. The van der Waals surface area contributed by atoms with Gasteiger partial charge in [-0.1, -0.05) is 32.9 Å². The van der Waals surface area contributed by atoms with Crippen LogP contribution in [0.5, 0.6) is 5.75 Å². The van der Waals surface area contributed by atoms with Crippen molar-refractivity contribution in [2.75, 3.05) is 13.1 Å². The second-order valence-corrected chi connectivity index (χ2v) is 8.20. The Kier molecular flexibility index (Phi) is 10.6. The predicted molar refractivity (Wildman–Crippen MR) is 131 cm³/mol. The number of rotatable bonds is 8. The summed E-state index contributed by atoms with van der Waals surface area (Å²) in [5.41, 5.74) is 0.698. The van der Waals surface area contributed by atoms with Gasteiger partial charge in [0.1, 0.15) is 18.1 Å². The van der Waals surface area contributed by atoms with Crippen LogP contribution in [0, 0.1) is 0 Å². The van der Waals surface area contributed by atoms with Crippen LogP contribution in [0.2, 0.25) is 0 Å². The average molecular weight is 530 g/mol. The zero-order valence-corrected chi connectivity index (χ0v) is 21.1. The van der Waals surface area contributed by atoms with E-state index in [1.165, 1.54) is 0 Å². The molecule has 7 nitrogen and oxygen atoms in total. The van der Waals surface area contributed by atoms with Crippen LogP contribution in [-0.4, -0.2) is 35.2 Å². The van der Waals surface area contributed by atoms with Crippen molar-refractivity contribution in [3.05, 3.63) is 47.7 Å². The predicted octanol–water partition coefficient (Wildman–Crippen LogP) is 4.17. The van der Waals surface area contributed by atoms with Crippen molar-refractivity contribution < 1.29 is 14.3 Å². The number of oxazole rings is 1. The summed E-state index contributed by atoms with van der Waals surface area (Å²) in [6.45, 7) is 13.5. The Labute approximate surface area is 196 Å². The minimum atomic E-state index is -0.691. The minimum Gasteiger partial charge on any atom is -0.491 e. The first-order valence-electron chi connectivity index (χ1n) is 10.1. The third-order valence-electron chi connectivity index (χ3n) is 4.09. The molecule has 0 aliphatic carbocycles. The third-order valence-corrected chi connectivity index (χ3v) is 4.09. The van der Waals surface area contributed by atoms with Gasteiger partial charge < -0.3 is 24.9 Å². The molecule has 0 amide bonds. The molecule has 2 rings (SSSR count). The van der Waals surface area contributed by atoms with E-state index in [-0.39, 0.29) is 35.5 Å². The van der Waals surface area contributed by atoms with E-state index < -0.39 is 6.10 Å². The van der Waals surface area contributed by atoms with Crippen LogP contribution in [0.1, 0.15) is 64.9 Å². The summed E-state index contributed by atoms with van der Waals surface area (Å²) < 4.78 is 11.5. The lowest BCUT2D eigenvalue weighted by atomic mass is 9.94. The molecule has 1 heterocycles. The number of aromatic nitrogens is 1. The van der Waals surface area contributed by atoms with Crippen LogP contribution in [0.4, 0.5) is 0 Å². The lowest BCUT2D eigenvalue weighted by Gasteiger charge is -2.17. The fourth-order valence-electron chi connectivity index (χ4n) is 2.60. The molecular formula is C22H35IN4O3. The third kappa shape index (κ3) is 8.51. The van der Waals surface area contributed by atoms with Crippen LogP contribution in [-0.2, 0) is 12.0 Å². The smallest absolute Gasteiger partial charge is 0.216 e. The number of ether oxygens (including phenoxy) is 1. The average Bonchev–Trinajstić information content (AvgIpc) is 3.13. The molecule has 1 unspecified atom stereocenters. The van der Waals surface area contributed by atoms with Crippen molar-refractivity contribution in [2.24, 2.45) is 4.99 Å². The molecule has 3 N–H and O–H groups in total. The van der Waals surface area contributed by atoms with E-state index in [0.29, 0.717) is 31.5 Å². The SMILES string of the molecule is CCNC(=NCc1ncc(C(C)(C)C)o1)NCC(O)c1cccc(OC(C)C)c1.I. The van der Waals surface area contributed by atoms with Gasteiger partial charge in [-0.25, -0.2) is 9.98 Å². The summed E-state index contributed by atoms with van der Waals surface area (Å²) in [5, 5.41) is 16.9. The Bertz CT molecular complexity index is 800. The second kappa shape index (κ2) is 12.1. The van der Waals surface area contributed by atoms with Crippen LogP contribution in [0.3, 0.4) is 0 Å². The molecule has 1 aromatic carbocycles. The Morgan fingerprint density at radius 2 is 2.00 bits per heavy atom. The van der Waals surface area contributed by atoms with E-state index in [0.717, 1.165) is 17.1 Å². The van der Waals surface area contributed by atoms with E-state index in [9.17, 15) is 5.11 Å². The lowest BCUT2D eigenvalue weighted by Crippen LogP contribution is -2.39. The van der Waals surface area contributed by atoms with Gasteiger partial charge in [0.25, 0.3) is 0 Å². The molecule has 0 radical (unpaired) electrons. The molecule has 0 aliphatic heterocycles. The standard InChI is InChI=1S/C22H34N4O3.HI/c1-7-23-21(26-14-20-24-13-19(29-20)22(4,5)6)25-12-18(27)16-9-8-10-17(11-16)28-15(2)3;/h8-11,13,15,18,27H,7,12,14H2,1-6H3,(H2,23,25,26);1H. The van der Waals surface area contributed by atoms with Crippen molar-refractivity contribution >= 4 is 29.9 Å². The van der Waals surface area contributed by atoms with E-state index in [1.54, 1.807) is 6.20 Å². The van der Waals surface area contributed by atoms with Gasteiger partial charge in [-0.05, 0) is 38.5 Å². The van der Waals surface area contributed by atoms with Gasteiger partial charge in [0, 0.05) is 18.5 Å². The topological polar surface area (TPSA) is 91.9 Å². The van der Waals surface area contributed by atoms with Gasteiger partial charge in [-0.2, -0.15) is 0 Å². The number of guanidine groups is 1. The van der Waals surface area contributed by atoms with Crippen LogP contribution >= 0.6 is 24.0 Å². The number of aliphatic imine (C=N–C) groups is 1. The number of hydrogen-bond donors (Lipinski definition) is 3. The highest BCUT2D eigenvalue weighted by Gasteiger charge is 2.19. The minimum absolute atomic E-state index is 0. The fourth-order valence-corrected chi connectivity index (χ4v) is 2.60. The van der Waals surface area contributed by atoms with Crippen molar-refractivity contribution in [2.45, 2.75) is 65.7 Å². The van der Waals surface area contributed by atoms with Crippen molar-refractivity contribution in [1.82, 2.24) is 15.6 Å². The van der Waals surface area contributed by atoms with Gasteiger partial charge >= 0.3 is 0 Å². The summed E-state index contributed by atoms with van der Waals surface area (Å²) in [4.78, 5) is 8.80. The molecule has 1 atom stereocenters. The van der Waals surface area contributed by atoms with Gasteiger partial charge in [-0.3, -0.25) is 0 Å². The van der Waals surface area contributed by atoms with Gasteiger partial charge in [0.15, 0.2) is 5.96 Å². The molecule has 8 heteroatoms. The van der Waals surface area contributed by atoms with Gasteiger partial charge in [-0.15, -0.1) is 24.0 Å². The number of aliphatic hydroxyl groups excluding tert-OH is 1. The monoisotopic (exact) mass is 530 g/mol. The highest BCUT2D eigenvalue weighted by Crippen LogP contribution is 2.23. The van der Waals surface area contributed by atoms with E-state index >= 15 is 0 Å². The normalized spacial score (nSPS) is 13.0. The van der Waals surface area contributed by atoms with Gasteiger partial charge in [0.05, 0.1) is 18.4 Å². The summed E-state index contributed by atoms with van der Waals surface area (Å²) in [6.07, 6.45) is 1.15. The number of nitrogens with one attached hydrogen (secondary N) is 2. The number of aliphatic hydroxyl groups is 1. The Morgan fingerprint density at radius 1 is 1.27 bits per heavy atom. The molecule has 0 saturated heterocycles. The van der Waals surface area contributed by atoms with Crippen molar-refractivity contribution in [3.8, 4) is 5.75 Å². The van der Waals surface area contributed by atoms with Crippen LogP contribution in [0.25, 0.3) is 0 Å². The summed E-state index contributed by atoms with van der Waals surface area (Å²) in [6, 6.07) is 7.50. The van der Waals surface area contributed by atoms with Crippen LogP contribution in [0.15, 0.2) is 39.9 Å². The zero-order valence-electron chi connectivity index (χ0n) is 18.7. The quantitative estimate of drug-likeness (QED) is 0.270. The molecular weight excluding hydrogens is 495 g/mol. The second-order valence-electron chi connectivity index (χ2n) is 8.20. The molecule has 0 spiro atoms. The maximum absolute atomic E-state index is 10.5. The summed E-state index contributed by atoms with van der Waals surface area (Å²) >= 11 is 0. The number of hydrogen-bond acceptors (Lipinski definition) is 5. The summed E-state index contributed by atoms with van der Waals surface area (Å²) in [5.74, 6) is 2.73. The highest BCUT2D eigenvalue weighted by atomic mass is 127. The van der Waals surface area contributed by atoms with E-state index in [1.807, 2.05) is 45.0 Å². The fraction of sp³-hybridized carbons (Fsp3) is 0.545. The molecule has 1 aromatic heterocycles. The zero-order chi connectivity index (χ0) is 21.4. The first kappa shape index (κ1) is 26.2. The molecule has 2 aromatic rings. The lowest BCUT2D eigenvalue weighted by molar-refractivity contribution is 0.179. The molecule has 0 fully saturated rings. The number of nitrogens with zero attached hydrogens (tertiary/aromatic N) is 2. The molecule has 168 valence electrons. The number of halogens is 1. The highest BCUT2D eigenvalue weighted by molar-refractivity contribution is 14.0. The first-order chi connectivity index (χ1) is 13.7. The van der Waals surface area contributed by atoms with E-state index in [4.69, 9.17) is 9.15 Å². The molecule has 0 aliphatic rings. The Balaban J connectivity index is 0.00000450. The summed E-state index contributed by atoms with van der Waals surface area (Å²) in [7, 11) is 0. The molecule has 0 saturated carbocycles. The molecule has 0 bridgehead atoms. The Morgan fingerprint density at radius 3 is 2.60 bits per heavy atom. The Hall–Kier alpha value is -1.81. The maximum atomic E-state index is 10.5. The molecule has 30 heavy (non-hydrogen) atoms. The van der Waals surface area contributed by atoms with Crippen molar-refractivity contribution in [1.29, 1.82) is 0 Å². The van der Waals surface area contributed by atoms with Crippen molar-refractivity contribution in [3.63, 3.8) is 0 Å².